The maximum atomic E-state index is 13.6. The van der Waals surface area contributed by atoms with Gasteiger partial charge in [-0.15, -0.1) is 0 Å². The first-order valence-electron chi connectivity index (χ1n) is 7.38. The molecular formula is C16H19BrFN3O2. The number of likely N-dealkylation sites (tertiary alicyclic amines) is 1. The molecule has 2 rings (SSSR count). The summed E-state index contributed by atoms with van der Waals surface area (Å²) in [5, 5.41) is 2.89. The molecule has 0 aromatic heterocycles. The molecule has 1 aromatic rings. The lowest BCUT2D eigenvalue weighted by atomic mass is 10.0. The number of primary amides is 1. The van der Waals surface area contributed by atoms with Crippen LogP contribution < -0.4 is 11.1 Å². The predicted octanol–water partition coefficient (Wildman–Crippen LogP) is 1.67. The number of nitrogens with one attached hydrogen (secondary N) is 1. The van der Waals surface area contributed by atoms with Crippen molar-refractivity contribution >= 4 is 33.8 Å². The number of benzene rings is 1. The number of hydrogen-bond donors (Lipinski definition) is 2. The summed E-state index contributed by atoms with van der Waals surface area (Å²) in [5.74, 6) is -0.971. The fraction of sp³-hybridized carbons (Fsp3) is 0.375. The number of halogens is 2. The van der Waals surface area contributed by atoms with Crippen LogP contribution in [0.1, 0.15) is 18.4 Å². The fourth-order valence-electron chi connectivity index (χ4n) is 2.51. The third kappa shape index (κ3) is 5.76. The van der Waals surface area contributed by atoms with Gasteiger partial charge in [-0.3, -0.25) is 14.5 Å². The molecule has 0 radical (unpaired) electrons. The predicted molar refractivity (Wildman–Crippen MR) is 89.9 cm³/mol. The van der Waals surface area contributed by atoms with E-state index in [2.05, 4.69) is 21.2 Å². The summed E-state index contributed by atoms with van der Waals surface area (Å²) in [7, 11) is 0. The number of amides is 2. The third-order valence-electron chi connectivity index (χ3n) is 3.69. The molecule has 0 aliphatic carbocycles. The van der Waals surface area contributed by atoms with E-state index in [9.17, 15) is 14.0 Å². The lowest BCUT2D eigenvalue weighted by Gasteiger charge is -2.31. The molecule has 0 atom stereocenters. The molecule has 5 nitrogen and oxygen atoms in total. The van der Waals surface area contributed by atoms with Gasteiger partial charge in [0.15, 0.2) is 0 Å². The lowest BCUT2D eigenvalue weighted by Crippen LogP contribution is -2.46. The zero-order valence-corrected chi connectivity index (χ0v) is 14.2. The van der Waals surface area contributed by atoms with Crippen LogP contribution in [-0.2, 0) is 9.59 Å². The van der Waals surface area contributed by atoms with Gasteiger partial charge in [-0.25, -0.2) is 4.39 Å². The number of nitrogens with zero attached hydrogens (tertiary/aromatic N) is 1. The van der Waals surface area contributed by atoms with Crippen LogP contribution in [0.2, 0.25) is 0 Å². The van der Waals surface area contributed by atoms with Gasteiger partial charge in [-0.1, -0.05) is 15.9 Å². The highest BCUT2D eigenvalue weighted by atomic mass is 79.9. The zero-order valence-electron chi connectivity index (χ0n) is 12.6. The SMILES string of the molecule is NC(=O)CN1CCC(NC(=O)C=Cc2cc(Br)ccc2F)CC1. The van der Waals surface area contributed by atoms with Gasteiger partial charge in [0.05, 0.1) is 6.54 Å². The van der Waals surface area contributed by atoms with Crippen LogP contribution in [0.4, 0.5) is 4.39 Å². The minimum absolute atomic E-state index is 0.0589. The Morgan fingerprint density at radius 2 is 2.09 bits per heavy atom. The van der Waals surface area contributed by atoms with Crippen LogP contribution in [0.25, 0.3) is 6.08 Å². The van der Waals surface area contributed by atoms with E-state index in [1.165, 1.54) is 18.2 Å². The van der Waals surface area contributed by atoms with Crippen molar-refractivity contribution in [2.75, 3.05) is 19.6 Å². The Kier molecular flexibility index (Phi) is 6.29. The topological polar surface area (TPSA) is 75.4 Å². The smallest absolute Gasteiger partial charge is 0.244 e. The molecule has 1 heterocycles. The molecule has 2 amide bonds. The highest BCUT2D eigenvalue weighted by Gasteiger charge is 2.20. The molecular weight excluding hydrogens is 365 g/mol. The molecule has 0 saturated carbocycles. The summed E-state index contributed by atoms with van der Waals surface area (Å²) in [6, 6.07) is 4.62. The van der Waals surface area contributed by atoms with Crippen molar-refractivity contribution in [3.63, 3.8) is 0 Å². The molecule has 1 aliphatic rings. The molecule has 0 spiro atoms. The van der Waals surface area contributed by atoms with Crippen LogP contribution in [0.5, 0.6) is 0 Å². The summed E-state index contributed by atoms with van der Waals surface area (Å²) in [6.07, 6.45) is 4.31. The van der Waals surface area contributed by atoms with Crippen LogP contribution in [-0.4, -0.2) is 42.4 Å². The minimum atomic E-state index is -0.378. The largest absolute Gasteiger partial charge is 0.369 e. The van der Waals surface area contributed by atoms with E-state index in [1.807, 2.05) is 4.90 Å². The van der Waals surface area contributed by atoms with Gasteiger partial charge in [-0.05, 0) is 37.1 Å². The number of carbonyl (C=O) groups is 2. The Morgan fingerprint density at radius 1 is 1.39 bits per heavy atom. The molecule has 0 bridgehead atoms. The number of nitrogens with two attached hydrogens (primary N) is 1. The van der Waals surface area contributed by atoms with Crippen molar-refractivity contribution in [2.45, 2.75) is 18.9 Å². The van der Waals surface area contributed by atoms with Crippen molar-refractivity contribution in [2.24, 2.45) is 5.73 Å². The van der Waals surface area contributed by atoms with Gasteiger partial charge >= 0.3 is 0 Å². The van der Waals surface area contributed by atoms with E-state index in [1.54, 1.807) is 12.1 Å². The summed E-state index contributed by atoms with van der Waals surface area (Å²) < 4.78 is 14.3. The Balaban J connectivity index is 1.82. The molecule has 1 saturated heterocycles. The second-order valence-electron chi connectivity index (χ2n) is 5.52. The van der Waals surface area contributed by atoms with E-state index in [-0.39, 0.29) is 30.2 Å². The number of piperidine rings is 1. The second-order valence-corrected chi connectivity index (χ2v) is 6.44. The minimum Gasteiger partial charge on any atom is -0.369 e. The van der Waals surface area contributed by atoms with Gasteiger partial charge in [0.25, 0.3) is 0 Å². The van der Waals surface area contributed by atoms with Crippen molar-refractivity contribution in [1.82, 2.24) is 10.2 Å². The van der Waals surface area contributed by atoms with E-state index in [0.717, 1.165) is 30.4 Å². The maximum Gasteiger partial charge on any atom is 0.244 e. The molecule has 23 heavy (non-hydrogen) atoms. The Bertz CT molecular complexity index is 613. The van der Waals surface area contributed by atoms with Gasteiger partial charge in [0, 0.05) is 35.2 Å². The summed E-state index contributed by atoms with van der Waals surface area (Å²) >= 11 is 3.27. The van der Waals surface area contributed by atoms with Crippen molar-refractivity contribution < 1.29 is 14.0 Å². The summed E-state index contributed by atoms with van der Waals surface area (Å²) in [4.78, 5) is 24.8. The van der Waals surface area contributed by atoms with E-state index in [4.69, 9.17) is 5.73 Å². The first-order valence-corrected chi connectivity index (χ1v) is 8.17. The molecule has 0 unspecified atom stereocenters. The number of carbonyl (C=O) groups excluding carboxylic acids is 2. The molecule has 7 heteroatoms. The molecule has 1 fully saturated rings. The van der Waals surface area contributed by atoms with Gasteiger partial charge < -0.3 is 11.1 Å². The standard InChI is InChI=1S/C16H19BrFN3O2/c17-12-2-3-14(18)11(9-12)1-4-16(23)20-13-5-7-21(8-6-13)10-15(19)22/h1-4,9,13H,5-8,10H2,(H2,19,22)(H,20,23). The van der Waals surface area contributed by atoms with Crippen LogP contribution in [0, 0.1) is 5.82 Å². The Hall–Kier alpha value is -1.73. The average Bonchev–Trinajstić information content (AvgIpc) is 2.50. The van der Waals surface area contributed by atoms with Crippen molar-refractivity contribution in [1.29, 1.82) is 0 Å². The highest BCUT2D eigenvalue weighted by molar-refractivity contribution is 9.10. The molecule has 124 valence electrons. The van der Waals surface area contributed by atoms with Crippen LogP contribution >= 0.6 is 15.9 Å². The lowest BCUT2D eigenvalue weighted by molar-refractivity contribution is -0.120. The normalized spacial score (nSPS) is 16.6. The van der Waals surface area contributed by atoms with E-state index in [0.29, 0.717) is 5.56 Å². The maximum absolute atomic E-state index is 13.6. The molecule has 1 aromatic carbocycles. The van der Waals surface area contributed by atoms with E-state index < -0.39 is 0 Å². The van der Waals surface area contributed by atoms with E-state index >= 15 is 0 Å². The Labute approximate surface area is 142 Å². The molecule has 1 aliphatic heterocycles. The van der Waals surface area contributed by atoms with Gasteiger partial charge in [-0.2, -0.15) is 0 Å². The summed E-state index contributed by atoms with van der Waals surface area (Å²) in [6.45, 7) is 1.69. The first kappa shape index (κ1) is 17.6. The third-order valence-corrected chi connectivity index (χ3v) is 4.18. The average molecular weight is 384 g/mol. The number of hydrogen-bond acceptors (Lipinski definition) is 3. The monoisotopic (exact) mass is 383 g/mol. The van der Waals surface area contributed by atoms with Crippen molar-refractivity contribution in [3.8, 4) is 0 Å². The van der Waals surface area contributed by atoms with Crippen LogP contribution in [0.15, 0.2) is 28.7 Å². The van der Waals surface area contributed by atoms with Gasteiger partial charge in [0.2, 0.25) is 11.8 Å². The Morgan fingerprint density at radius 3 is 2.74 bits per heavy atom. The van der Waals surface area contributed by atoms with Crippen LogP contribution in [0.3, 0.4) is 0 Å². The highest BCUT2D eigenvalue weighted by Crippen LogP contribution is 2.16. The fourth-order valence-corrected chi connectivity index (χ4v) is 2.89. The second kappa shape index (κ2) is 8.21. The number of rotatable bonds is 5. The summed E-state index contributed by atoms with van der Waals surface area (Å²) in [5.41, 5.74) is 5.52. The van der Waals surface area contributed by atoms with Gasteiger partial charge in [0.1, 0.15) is 5.82 Å². The zero-order chi connectivity index (χ0) is 16.8. The van der Waals surface area contributed by atoms with Crippen molar-refractivity contribution in [3.05, 3.63) is 40.1 Å². The molecule has 3 N–H and O–H groups in total. The first-order chi connectivity index (χ1) is 10.9. The quantitative estimate of drug-likeness (QED) is 0.759.